The largest absolute Gasteiger partial charge is 0.497 e. The number of likely N-dealkylation sites (tertiary alicyclic amines) is 1. The van der Waals surface area contributed by atoms with Crippen molar-refractivity contribution in [2.75, 3.05) is 14.2 Å². The van der Waals surface area contributed by atoms with E-state index in [0.29, 0.717) is 12.8 Å². The molecule has 1 fully saturated rings. The molecule has 1 unspecified atom stereocenters. The Hall–Kier alpha value is -3.61. The van der Waals surface area contributed by atoms with Crippen molar-refractivity contribution in [1.82, 2.24) is 14.7 Å². The zero-order valence-electron chi connectivity index (χ0n) is 16.9. The van der Waals surface area contributed by atoms with Crippen LogP contribution in [0.3, 0.4) is 0 Å². The van der Waals surface area contributed by atoms with Gasteiger partial charge in [-0.2, -0.15) is 5.10 Å². The van der Waals surface area contributed by atoms with Crippen LogP contribution in [0.4, 0.5) is 0 Å². The molecular weight excluding hydrogens is 382 g/mol. The molecule has 7 heteroatoms. The van der Waals surface area contributed by atoms with E-state index in [2.05, 4.69) is 5.10 Å². The van der Waals surface area contributed by atoms with Gasteiger partial charge in [-0.05, 0) is 42.3 Å². The van der Waals surface area contributed by atoms with Gasteiger partial charge in [0.25, 0.3) is 5.91 Å². The number of amides is 2. The first kappa shape index (κ1) is 19.7. The van der Waals surface area contributed by atoms with Crippen LogP contribution in [0.1, 0.15) is 24.4 Å². The van der Waals surface area contributed by atoms with Gasteiger partial charge in [-0.3, -0.25) is 19.2 Å². The number of carbonyl (C=O) groups is 2. The lowest BCUT2D eigenvalue weighted by molar-refractivity contribution is -0.152. The summed E-state index contributed by atoms with van der Waals surface area (Å²) in [5.41, 5.74) is 2.53. The van der Waals surface area contributed by atoms with Gasteiger partial charge < -0.3 is 9.47 Å². The minimum Gasteiger partial charge on any atom is -0.497 e. The summed E-state index contributed by atoms with van der Waals surface area (Å²) in [5, 5.41) is 4.60. The molecule has 0 N–H and O–H groups in total. The molecule has 7 nitrogen and oxygen atoms in total. The Morgan fingerprint density at radius 3 is 2.50 bits per heavy atom. The van der Waals surface area contributed by atoms with Gasteiger partial charge in [-0.15, -0.1) is 0 Å². The number of rotatable bonds is 6. The van der Waals surface area contributed by atoms with Crippen LogP contribution in [-0.4, -0.2) is 40.7 Å². The molecule has 154 valence electrons. The molecule has 4 rings (SSSR count). The summed E-state index contributed by atoms with van der Waals surface area (Å²) in [4.78, 5) is 26.9. The number of ether oxygens (including phenoxy) is 2. The molecule has 0 spiro atoms. The monoisotopic (exact) mass is 405 g/mol. The Balaban J connectivity index is 1.54. The second-order valence-corrected chi connectivity index (χ2v) is 7.13. The first-order chi connectivity index (χ1) is 14.6. The third-order valence-electron chi connectivity index (χ3n) is 5.28. The number of hydrogen-bond acceptors (Lipinski definition) is 5. The minimum atomic E-state index is -0.500. The lowest BCUT2D eigenvalue weighted by Gasteiger charge is -2.30. The van der Waals surface area contributed by atoms with Crippen molar-refractivity contribution in [3.05, 3.63) is 66.4 Å². The van der Waals surface area contributed by atoms with E-state index in [1.54, 1.807) is 25.1 Å². The van der Waals surface area contributed by atoms with Gasteiger partial charge in [0, 0.05) is 18.2 Å². The molecule has 0 radical (unpaired) electrons. The Kier molecular flexibility index (Phi) is 5.52. The van der Waals surface area contributed by atoms with Crippen molar-refractivity contribution in [2.24, 2.45) is 0 Å². The molecule has 0 aliphatic carbocycles. The van der Waals surface area contributed by atoms with Gasteiger partial charge in [-0.25, -0.2) is 0 Å². The van der Waals surface area contributed by atoms with Crippen LogP contribution in [0.2, 0.25) is 0 Å². The van der Waals surface area contributed by atoms with Gasteiger partial charge in [0.2, 0.25) is 5.91 Å². The Morgan fingerprint density at radius 1 is 1.00 bits per heavy atom. The predicted octanol–water partition coefficient (Wildman–Crippen LogP) is 3.46. The third kappa shape index (κ3) is 3.91. The van der Waals surface area contributed by atoms with Crippen LogP contribution < -0.4 is 9.47 Å². The maximum absolute atomic E-state index is 13.1. The highest BCUT2D eigenvalue weighted by Crippen LogP contribution is 2.28. The number of nitrogens with zero attached hydrogens (tertiary/aromatic N) is 3. The Labute approximate surface area is 174 Å². The average molecular weight is 405 g/mol. The molecule has 1 atom stereocenters. The number of carbonyl (C=O) groups excluding carboxylic acids is 2. The molecule has 1 saturated heterocycles. The van der Waals surface area contributed by atoms with Crippen molar-refractivity contribution in [2.45, 2.75) is 25.4 Å². The van der Waals surface area contributed by atoms with Crippen LogP contribution >= 0.6 is 0 Å². The average Bonchev–Trinajstić information content (AvgIpc) is 3.27. The van der Waals surface area contributed by atoms with Crippen molar-refractivity contribution in [3.63, 3.8) is 0 Å². The van der Waals surface area contributed by atoms with E-state index in [1.807, 2.05) is 54.6 Å². The van der Waals surface area contributed by atoms with E-state index in [4.69, 9.17) is 9.47 Å². The summed E-state index contributed by atoms with van der Waals surface area (Å²) < 4.78 is 12.1. The van der Waals surface area contributed by atoms with Crippen LogP contribution in [0.25, 0.3) is 11.3 Å². The topological polar surface area (TPSA) is 73.7 Å². The van der Waals surface area contributed by atoms with E-state index in [9.17, 15) is 9.59 Å². The summed E-state index contributed by atoms with van der Waals surface area (Å²) in [6.07, 6.45) is 2.54. The summed E-state index contributed by atoms with van der Waals surface area (Å²) in [5.74, 6) is 1.08. The molecule has 2 heterocycles. The fourth-order valence-corrected chi connectivity index (χ4v) is 3.59. The fraction of sp³-hybridized carbons (Fsp3) is 0.261. The van der Waals surface area contributed by atoms with Gasteiger partial charge in [0.1, 0.15) is 17.5 Å². The van der Waals surface area contributed by atoms with Crippen molar-refractivity contribution >= 4 is 11.8 Å². The first-order valence-electron chi connectivity index (χ1n) is 9.76. The number of hydrogen-bond donors (Lipinski definition) is 0. The van der Waals surface area contributed by atoms with E-state index < -0.39 is 6.04 Å². The first-order valence-corrected chi connectivity index (χ1v) is 9.76. The molecule has 0 bridgehead atoms. The number of benzene rings is 2. The maximum Gasteiger partial charge on any atom is 0.254 e. The van der Waals surface area contributed by atoms with Crippen LogP contribution in [-0.2, 0) is 16.1 Å². The summed E-state index contributed by atoms with van der Waals surface area (Å²) >= 11 is 0. The minimum absolute atomic E-state index is 0.160. The van der Waals surface area contributed by atoms with E-state index in [1.165, 1.54) is 4.90 Å². The highest BCUT2D eigenvalue weighted by molar-refractivity contribution is 5.99. The highest BCUT2D eigenvalue weighted by Gasteiger charge is 2.35. The maximum atomic E-state index is 13.1. The molecule has 3 aromatic rings. The lowest BCUT2D eigenvalue weighted by Crippen LogP contribution is -2.45. The number of methoxy groups -OCH3 is 2. The molecule has 0 saturated carbocycles. The Bertz CT molecular complexity index is 1060. The van der Waals surface area contributed by atoms with Gasteiger partial charge in [-0.1, -0.05) is 24.3 Å². The second-order valence-electron chi connectivity index (χ2n) is 7.13. The van der Waals surface area contributed by atoms with Gasteiger partial charge >= 0.3 is 0 Å². The number of piperidine rings is 1. The quantitative estimate of drug-likeness (QED) is 0.587. The standard InChI is InChI=1S/C23H23N3O4/c1-29-18-8-6-16(7-9-18)15-25-22(27)11-10-21(23(25)28)26-13-12-20(24-26)17-4-3-5-19(14-17)30-2/h3-9,12-14,21H,10-11,15H2,1-2H3. The molecule has 1 aliphatic rings. The fourth-order valence-electron chi connectivity index (χ4n) is 3.59. The molecule has 2 amide bonds. The number of imide groups is 1. The highest BCUT2D eigenvalue weighted by atomic mass is 16.5. The zero-order valence-corrected chi connectivity index (χ0v) is 16.9. The SMILES string of the molecule is COc1ccc(CN2C(=O)CCC(n3ccc(-c4cccc(OC)c4)n3)C2=O)cc1. The second kappa shape index (κ2) is 8.41. The van der Waals surface area contributed by atoms with E-state index in [-0.39, 0.29) is 18.4 Å². The van der Waals surface area contributed by atoms with E-state index in [0.717, 1.165) is 28.3 Å². The number of aromatic nitrogens is 2. The van der Waals surface area contributed by atoms with Gasteiger partial charge in [0.05, 0.1) is 26.5 Å². The van der Waals surface area contributed by atoms with Crippen molar-refractivity contribution in [1.29, 1.82) is 0 Å². The molecule has 2 aromatic carbocycles. The summed E-state index contributed by atoms with van der Waals surface area (Å²) in [6, 6.07) is 16.3. The van der Waals surface area contributed by atoms with Crippen LogP contribution in [0.5, 0.6) is 11.5 Å². The molecule has 30 heavy (non-hydrogen) atoms. The van der Waals surface area contributed by atoms with Gasteiger partial charge in [0.15, 0.2) is 0 Å². The summed E-state index contributed by atoms with van der Waals surface area (Å²) in [6.45, 7) is 0.238. The third-order valence-corrected chi connectivity index (χ3v) is 5.28. The van der Waals surface area contributed by atoms with E-state index >= 15 is 0 Å². The van der Waals surface area contributed by atoms with Crippen molar-refractivity contribution < 1.29 is 19.1 Å². The molecular formula is C23H23N3O4. The van der Waals surface area contributed by atoms with Crippen molar-refractivity contribution in [3.8, 4) is 22.8 Å². The zero-order chi connectivity index (χ0) is 21.1. The van der Waals surface area contributed by atoms with Crippen LogP contribution in [0.15, 0.2) is 60.8 Å². The molecule has 1 aromatic heterocycles. The predicted molar refractivity (Wildman–Crippen MR) is 111 cm³/mol. The summed E-state index contributed by atoms with van der Waals surface area (Å²) in [7, 11) is 3.22. The molecule has 1 aliphatic heterocycles. The smallest absolute Gasteiger partial charge is 0.254 e. The normalized spacial score (nSPS) is 16.6. The Morgan fingerprint density at radius 2 is 1.77 bits per heavy atom. The lowest BCUT2D eigenvalue weighted by atomic mass is 10.0. The van der Waals surface area contributed by atoms with Crippen LogP contribution in [0, 0.1) is 0 Å².